The Morgan fingerprint density at radius 3 is 2.26 bits per heavy atom. The summed E-state index contributed by atoms with van der Waals surface area (Å²) in [6.45, 7) is 2.32. The lowest BCUT2D eigenvalue weighted by molar-refractivity contribution is 0.0988. The second-order valence-electron chi connectivity index (χ2n) is 4.12. The van der Waals surface area contributed by atoms with Gasteiger partial charge in [-0.1, -0.05) is 12.1 Å². The van der Waals surface area contributed by atoms with Gasteiger partial charge in [-0.05, 0) is 37.3 Å². The van der Waals surface area contributed by atoms with E-state index in [-0.39, 0.29) is 17.4 Å². The highest BCUT2D eigenvalue weighted by Gasteiger charge is 2.16. The van der Waals surface area contributed by atoms with E-state index in [2.05, 4.69) is 0 Å². The third kappa shape index (κ3) is 2.85. The fourth-order valence-corrected chi connectivity index (χ4v) is 1.90. The van der Waals surface area contributed by atoms with Gasteiger partial charge in [0.25, 0.3) is 5.91 Å². The maximum Gasteiger partial charge on any atom is 0.258 e. The molecule has 0 heterocycles. The highest BCUT2D eigenvalue weighted by molar-refractivity contribution is 6.06. The fraction of sp³-hybridized carbons (Fsp3) is 0.133. The van der Waals surface area contributed by atoms with Gasteiger partial charge in [0.1, 0.15) is 11.5 Å². The molecule has 0 saturated heterocycles. The van der Waals surface area contributed by atoms with Crippen LogP contribution >= 0.6 is 0 Å². The minimum Gasteiger partial charge on any atom is -0.508 e. The SMILES string of the molecule is CCN(C(=O)c1cccc(O)c1)c1cccc(O)c1. The number of benzene rings is 2. The van der Waals surface area contributed by atoms with Crippen LogP contribution in [-0.2, 0) is 0 Å². The molecule has 0 bridgehead atoms. The molecule has 2 N–H and O–H groups in total. The van der Waals surface area contributed by atoms with Crippen LogP contribution in [-0.4, -0.2) is 22.7 Å². The first-order valence-corrected chi connectivity index (χ1v) is 6.01. The van der Waals surface area contributed by atoms with E-state index >= 15 is 0 Å². The summed E-state index contributed by atoms with van der Waals surface area (Å²) >= 11 is 0. The van der Waals surface area contributed by atoms with Crippen molar-refractivity contribution >= 4 is 11.6 Å². The summed E-state index contributed by atoms with van der Waals surface area (Å²) in [6.07, 6.45) is 0. The molecule has 0 radical (unpaired) electrons. The lowest BCUT2D eigenvalue weighted by atomic mass is 10.1. The molecule has 0 aromatic heterocycles. The minimum atomic E-state index is -0.219. The maximum absolute atomic E-state index is 12.4. The van der Waals surface area contributed by atoms with E-state index in [0.717, 1.165) is 0 Å². The minimum absolute atomic E-state index is 0.0535. The first kappa shape index (κ1) is 13.0. The standard InChI is InChI=1S/C15H15NO3/c1-2-16(12-6-4-8-14(18)10-12)15(19)11-5-3-7-13(17)9-11/h3-10,17-18H,2H2,1H3. The number of nitrogens with zero attached hydrogens (tertiary/aromatic N) is 1. The number of amides is 1. The topological polar surface area (TPSA) is 60.8 Å². The van der Waals surface area contributed by atoms with Crippen LogP contribution in [0, 0.1) is 0 Å². The van der Waals surface area contributed by atoms with Crippen molar-refractivity contribution in [3.8, 4) is 11.5 Å². The van der Waals surface area contributed by atoms with Gasteiger partial charge >= 0.3 is 0 Å². The summed E-state index contributed by atoms with van der Waals surface area (Å²) in [5.74, 6) is -0.0542. The Morgan fingerprint density at radius 1 is 1.05 bits per heavy atom. The van der Waals surface area contributed by atoms with E-state index in [1.807, 2.05) is 6.92 Å². The summed E-state index contributed by atoms with van der Waals surface area (Å²) in [5.41, 5.74) is 1.03. The zero-order chi connectivity index (χ0) is 13.8. The van der Waals surface area contributed by atoms with Crippen molar-refractivity contribution < 1.29 is 15.0 Å². The Hall–Kier alpha value is -2.49. The van der Waals surface area contributed by atoms with Crippen molar-refractivity contribution in [2.75, 3.05) is 11.4 Å². The maximum atomic E-state index is 12.4. The largest absolute Gasteiger partial charge is 0.508 e. The van der Waals surface area contributed by atoms with Crippen LogP contribution in [0.4, 0.5) is 5.69 Å². The first-order chi connectivity index (χ1) is 9.11. The molecular weight excluding hydrogens is 242 g/mol. The molecule has 19 heavy (non-hydrogen) atoms. The summed E-state index contributed by atoms with van der Waals surface area (Å²) in [4.78, 5) is 13.9. The Bertz CT molecular complexity index is 595. The molecule has 0 fully saturated rings. The van der Waals surface area contributed by atoms with E-state index in [4.69, 9.17) is 0 Å². The van der Waals surface area contributed by atoms with Crippen molar-refractivity contribution in [2.45, 2.75) is 6.92 Å². The summed E-state index contributed by atoms with van der Waals surface area (Å²) in [7, 11) is 0. The number of carbonyl (C=O) groups excluding carboxylic acids is 1. The van der Waals surface area contributed by atoms with E-state index in [1.165, 1.54) is 23.1 Å². The van der Waals surface area contributed by atoms with Crippen LogP contribution in [0.1, 0.15) is 17.3 Å². The molecule has 4 heteroatoms. The quantitative estimate of drug-likeness (QED) is 0.888. The van der Waals surface area contributed by atoms with Crippen LogP contribution in [0.15, 0.2) is 48.5 Å². The summed E-state index contributed by atoms with van der Waals surface area (Å²) < 4.78 is 0. The lowest BCUT2D eigenvalue weighted by Crippen LogP contribution is -2.30. The van der Waals surface area contributed by atoms with E-state index in [9.17, 15) is 15.0 Å². The van der Waals surface area contributed by atoms with Crippen LogP contribution < -0.4 is 4.90 Å². The molecule has 0 aliphatic heterocycles. The molecule has 0 atom stereocenters. The number of phenolic OH excluding ortho intramolecular Hbond substituents is 2. The third-order valence-corrected chi connectivity index (χ3v) is 2.80. The zero-order valence-electron chi connectivity index (χ0n) is 10.6. The molecule has 98 valence electrons. The Kier molecular flexibility index (Phi) is 3.71. The van der Waals surface area contributed by atoms with Gasteiger partial charge in [-0.2, -0.15) is 0 Å². The Morgan fingerprint density at radius 2 is 1.68 bits per heavy atom. The van der Waals surface area contributed by atoms with Crippen LogP contribution in [0.3, 0.4) is 0 Å². The molecule has 1 amide bonds. The van der Waals surface area contributed by atoms with Gasteiger partial charge in [0.2, 0.25) is 0 Å². The smallest absolute Gasteiger partial charge is 0.258 e. The van der Waals surface area contributed by atoms with Gasteiger partial charge < -0.3 is 15.1 Å². The van der Waals surface area contributed by atoms with Gasteiger partial charge in [0, 0.05) is 23.9 Å². The van der Waals surface area contributed by atoms with Crippen molar-refractivity contribution in [3.63, 3.8) is 0 Å². The fourth-order valence-electron chi connectivity index (χ4n) is 1.90. The molecule has 0 unspecified atom stereocenters. The number of anilines is 1. The first-order valence-electron chi connectivity index (χ1n) is 6.01. The second-order valence-corrected chi connectivity index (χ2v) is 4.12. The van der Waals surface area contributed by atoms with E-state index in [0.29, 0.717) is 17.8 Å². The normalized spacial score (nSPS) is 10.2. The third-order valence-electron chi connectivity index (χ3n) is 2.80. The number of phenols is 2. The average Bonchev–Trinajstić information content (AvgIpc) is 2.39. The van der Waals surface area contributed by atoms with Crippen molar-refractivity contribution in [1.29, 1.82) is 0 Å². The molecule has 0 saturated carbocycles. The van der Waals surface area contributed by atoms with Gasteiger partial charge in [0.05, 0.1) is 0 Å². The molecular formula is C15H15NO3. The monoisotopic (exact) mass is 257 g/mol. The van der Waals surface area contributed by atoms with Crippen molar-refractivity contribution in [1.82, 2.24) is 0 Å². The highest BCUT2D eigenvalue weighted by Crippen LogP contribution is 2.22. The van der Waals surface area contributed by atoms with Crippen molar-refractivity contribution in [3.05, 3.63) is 54.1 Å². The predicted octanol–water partition coefficient (Wildman–Crippen LogP) is 2.76. The molecule has 0 aliphatic carbocycles. The van der Waals surface area contributed by atoms with Crippen molar-refractivity contribution in [2.24, 2.45) is 0 Å². The molecule has 0 aliphatic rings. The number of carbonyl (C=O) groups is 1. The highest BCUT2D eigenvalue weighted by atomic mass is 16.3. The average molecular weight is 257 g/mol. The van der Waals surface area contributed by atoms with Crippen LogP contribution in [0.5, 0.6) is 11.5 Å². The number of hydrogen-bond donors (Lipinski definition) is 2. The van der Waals surface area contributed by atoms with Gasteiger partial charge in [-0.3, -0.25) is 4.79 Å². The number of hydrogen-bond acceptors (Lipinski definition) is 3. The Balaban J connectivity index is 2.34. The predicted molar refractivity (Wildman–Crippen MR) is 73.6 cm³/mol. The molecule has 2 aromatic rings. The van der Waals surface area contributed by atoms with E-state index in [1.54, 1.807) is 30.3 Å². The molecule has 4 nitrogen and oxygen atoms in total. The molecule has 2 rings (SSSR count). The van der Waals surface area contributed by atoms with Gasteiger partial charge in [-0.25, -0.2) is 0 Å². The van der Waals surface area contributed by atoms with Gasteiger partial charge in [0.15, 0.2) is 0 Å². The van der Waals surface area contributed by atoms with Crippen LogP contribution in [0.25, 0.3) is 0 Å². The van der Waals surface area contributed by atoms with Gasteiger partial charge in [-0.15, -0.1) is 0 Å². The molecule has 2 aromatic carbocycles. The summed E-state index contributed by atoms with van der Waals surface area (Å²) in [5, 5.41) is 18.9. The zero-order valence-corrected chi connectivity index (χ0v) is 10.6. The van der Waals surface area contributed by atoms with E-state index < -0.39 is 0 Å². The van der Waals surface area contributed by atoms with Crippen LogP contribution in [0.2, 0.25) is 0 Å². The Labute approximate surface area is 111 Å². The summed E-state index contributed by atoms with van der Waals surface area (Å²) in [6, 6.07) is 12.7. The number of aromatic hydroxyl groups is 2. The lowest BCUT2D eigenvalue weighted by Gasteiger charge is -2.21. The second kappa shape index (κ2) is 5.44. The molecule has 0 spiro atoms. The number of rotatable bonds is 3.